The molecule has 1 atom stereocenters. The summed E-state index contributed by atoms with van der Waals surface area (Å²) in [6.45, 7) is 4.17. The van der Waals surface area contributed by atoms with Crippen LogP contribution in [0.2, 0.25) is 0 Å². The lowest BCUT2D eigenvalue weighted by Crippen LogP contribution is -2.36. The maximum Gasteiger partial charge on any atom is 0.349 e. The number of thiophene rings is 1. The van der Waals surface area contributed by atoms with Crippen LogP contribution in [0.4, 0.5) is 0 Å². The third-order valence-corrected chi connectivity index (χ3v) is 5.33. The molecule has 1 N–H and O–H groups in total. The van der Waals surface area contributed by atoms with Crippen LogP contribution in [0.15, 0.2) is 30.3 Å². The van der Waals surface area contributed by atoms with Gasteiger partial charge in [-0.1, -0.05) is 31.2 Å². The fraction of sp³-hybridized carbons (Fsp3) is 0.368. The Kier molecular flexibility index (Phi) is 5.00. The van der Waals surface area contributed by atoms with E-state index in [1.54, 1.807) is 6.92 Å². The van der Waals surface area contributed by atoms with E-state index in [4.69, 9.17) is 4.74 Å². The molecule has 1 amide bonds. The molecule has 1 aliphatic rings. The molecular formula is C19H21NO3S. The molecule has 126 valence electrons. The van der Waals surface area contributed by atoms with E-state index in [1.807, 2.05) is 25.1 Å². The number of ether oxygens (including phenoxy) is 1. The highest BCUT2D eigenvalue weighted by Gasteiger charge is 2.24. The summed E-state index contributed by atoms with van der Waals surface area (Å²) >= 11 is 1.45. The van der Waals surface area contributed by atoms with E-state index in [1.165, 1.54) is 28.0 Å². The van der Waals surface area contributed by atoms with Gasteiger partial charge in [0.15, 0.2) is 6.10 Å². The van der Waals surface area contributed by atoms with Crippen LogP contribution in [0.3, 0.4) is 0 Å². The van der Waals surface area contributed by atoms with Crippen LogP contribution in [-0.4, -0.2) is 24.5 Å². The van der Waals surface area contributed by atoms with E-state index in [9.17, 15) is 9.59 Å². The number of amides is 1. The van der Waals surface area contributed by atoms with Gasteiger partial charge in [0.2, 0.25) is 0 Å². The molecule has 1 aliphatic carbocycles. The molecule has 4 nitrogen and oxygen atoms in total. The average molecular weight is 343 g/mol. The SMILES string of the molecule is CCCNC(=O)[C@H](C)OC(=O)c1cc2c(s1)-c1ccccc1CC2. The Labute approximate surface area is 145 Å². The first kappa shape index (κ1) is 16.7. The van der Waals surface area contributed by atoms with Crippen LogP contribution < -0.4 is 5.32 Å². The Hall–Kier alpha value is -2.14. The highest BCUT2D eigenvalue weighted by molar-refractivity contribution is 7.17. The molecule has 1 aromatic heterocycles. The van der Waals surface area contributed by atoms with Crippen molar-refractivity contribution in [3.8, 4) is 10.4 Å². The number of carbonyl (C=O) groups is 2. The topological polar surface area (TPSA) is 55.4 Å². The zero-order valence-electron chi connectivity index (χ0n) is 13.9. The molecule has 1 aromatic carbocycles. The fourth-order valence-electron chi connectivity index (χ4n) is 2.84. The van der Waals surface area contributed by atoms with Crippen LogP contribution in [0.25, 0.3) is 10.4 Å². The van der Waals surface area contributed by atoms with E-state index in [2.05, 4.69) is 17.4 Å². The monoisotopic (exact) mass is 343 g/mol. The highest BCUT2D eigenvalue weighted by atomic mass is 32.1. The van der Waals surface area contributed by atoms with Crippen molar-refractivity contribution < 1.29 is 14.3 Å². The Balaban J connectivity index is 1.74. The quantitative estimate of drug-likeness (QED) is 0.844. The van der Waals surface area contributed by atoms with E-state index >= 15 is 0 Å². The van der Waals surface area contributed by atoms with Crippen molar-refractivity contribution >= 4 is 23.2 Å². The third kappa shape index (κ3) is 3.36. The number of benzene rings is 1. The van der Waals surface area contributed by atoms with Crippen LogP contribution in [0.1, 0.15) is 41.1 Å². The maximum absolute atomic E-state index is 12.4. The van der Waals surface area contributed by atoms with Crippen molar-refractivity contribution in [1.82, 2.24) is 5.32 Å². The molecule has 24 heavy (non-hydrogen) atoms. The molecule has 0 fully saturated rings. The van der Waals surface area contributed by atoms with E-state index in [-0.39, 0.29) is 5.91 Å². The van der Waals surface area contributed by atoms with Crippen molar-refractivity contribution in [3.05, 3.63) is 46.3 Å². The summed E-state index contributed by atoms with van der Waals surface area (Å²) in [5, 5.41) is 2.74. The van der Waals surface area contributed by atoms with Crippen LogP contribution >= 0.6 is 11.3 Å². The maximum atomic E-state index is 12.4. The van der Waals surface area contributed by atoms with Crippen LogP contribution in [-0.2, 0) is 22.4 Å². The molecule has 0 radical (unpaired) electrons. The summed E-state index contributed by atoms with van der Waals surface area (Å²) in [7, 11) is 0. The molecule has 0 bridgehead atoms. The van der Waals surface area contributed by atoms with Gasteiger partial charge in [-0.15, -0.1) is 11.3 Å². The smallest absolute Gasteiger partial charge is 0.349 e. The van der Waals surface area contributed by atoms with Gasteiger partial charge in [-0.2, -0.15) is 0 Å². The summed E-state index contributed by atoms with van der Waals surface area (Å²) in [5.74, 6) is -0.678. The molecule has 5 heteroatoms. The van der Waals surface area contributed by atoms with Gasteiger partial charge in [-0.05, 0) is 48.9 Å². The number of rotatable bonds is 5. The zero-order valence-corrected chi connectivity index (χ0v) is 14.7. The molecular weight excluding hydrogens is 322 g/mol. The van der Waals surface area contributed by atoms with Gasteiger partial charge < -0.3 is 10.1 Å². The molecule has 0 spiro atoms. The number of hydrogen-bond acceptors (Lipinski definition) is 4. The first-order chi connectivity index (χ1) is 11.6. The minimum atomic E-state index is -0.782. The standard InChI is InChI=1S/C19H21NO3S/c1-3-10-20-18(21)12(2)23-19(22)16-11-14-9-8-13-6-4-5-7-15(13)17(14)24-16/h4-7,11-12H,3,8-10H2,1-2H3,(H,20,21)/t12-/m0/s1. The summed E-state index contributed by atoms with van der Waals surface area (Å²) in [4.78, 5) is 25.9. The van der Waals surface area contributed by atoms with Crippen molar-refractivity contribution in [3.63, 3.8) is 0 Å². The van der Waals surface area contributed by atoms with E-state index in [0.29, 0.717) is 11.4 Å². The number of carbonyl (C=O) groups excluding carboxylic acids is 2. The summed E-state index contributed by atoms with van der Waals surface area (Å²) in [5.41, 5.74) is 3.71. The van der Waals surface area contributed by atoms with Gasteiger partial charge in [-0.25, -0.2) is 4.79 Å². The van der Waals surface area contributed by atoms with Gasteiger partial charge in [0.1, 0.15) is 4.88 Å². The number of fused-ring (bicyclic) bond motifs is 3. The minimum Gasteiger partial charge on any atom is -0.448 e. The number of aryl methyl sites for hydroxylation is 2. The highest BCUT2D eigenvalue weighted by Crippen LogP contribution is 2.39. The molecule has 0 aliphatic heterocycles. The van der Waals surface area contributed by atoms with Gasteiger partial charge in [-0.3, -0.25) is 4.79 Å². The predicted molar refractivity (Wildman–Crippen MR) is 95.3 cm³/mol. The minimum absolute atomic E-state index is 0.253. The lowest BCUT2D eigenvalue weighted by molar-refractivity contribution is -0.129. The first-order valence-corrected chi connectivity index (χ1v) is 9.11. The fourth-order valence-corrected chi connectivity index (χ4v) is 3.99. The molecule has 3 rings (SSSR count). The normalized spacial score (nSPS) is 13.6. The van der Waals surface area contributed by atoms with Crippen molar-refractivity contribution in [2.75, 3.05) is 6.54 Å². The molecule has 2 aromatic rings. The predicted octanol–water partition coefficient (Wildman–Crippen LogP) is 3.59. The molecule has 0 saturated carbocycles. The van der Waals surface area contributed by atoms with Gasteiger partial charge >= 0.3 is 5.97 Å². The molecule has 0 unspecified atom stereocenters. The summed E-state index contributed by atoms with van der Waals surface area (Å²) < 4.78 is 5.32. The van der Waals surface area contributed by atoms with Gasteiger partial charge in [0.05, 0.1) is 0 Å². The number of esters is 1. The summed E-state index contributed by atoms with van der Waals surface area (Å²) in [6, 6.07) is 10.2. The average Bonchev–Trinajstić information content (AvgIpc) is 3.04. The Bertz CT molecular complexity index is 766. The van der Waals surface area contributed by atoms with Gasteiger partial charge in [0, 0.05) is 11.4 Å². The second kappa shape index (κ2) is 7.18. The summed E-state index contributed by atoms with van der Waals surface area (Å²) in [6.07, 6.45) is 1.99. The molecule has 1 heterocycles. The lowest BCUT2D eigenvalue weighted by atomic mass is 9.91. The van der Waals surface area contributed by atoms with Crippen molar-refractivity contribution in [2.45, 2.75) is 39.2 Å². The second-order valence-electron chi connectivity index (χ2n) is 5.96. The first-order valence-electron chi connectivity index (χ1n) is 8.29. The lowest BCUT2D eigenvalue weighted by Gasteiger charge is -2.15. The number of hydrogen-bond donors (Lipinski definition) is 1. The van der Waals surface area contributed by atoms with Crippen molar-refractivity contribution in [2.24, 2.45) is 0 Å². The van der Waals surface area contributed by atoms with Crippen LogP contribution in [0.5, 0.6) is 0 Å². The Morgan fingerprint density at radius 1 is 1.25 bits per heavy atom. The Morgan fingerprint density at radius 2 is 2.00 bits per heavy atom. The largest absolute Gasteiger partial charge is 0.448 e. The van der Waals surface area contributed by atoms with Gasteiger partial charge in [0.25, 0.3) is 5.91 Å². The van der Waals surface area contributed by atoms with Crippen molar-refractivity contribution in [1.29, 1.82) is 0 Å². The second-order valence-corrected chi connectivity index (χ2v) is 7.01. The van der Waals surface area contributed by atoms with E-state index < -0.39 is 12.1 Å². The van der Waals surface area contributed by atoms with Crippen LogP contribution in [0, 0.1) is 0 Å². The Morgan fingerprint density at radius 3 is 2.79 bits per heavy atom. The zero-order chi connectivity index (χ0) is 17.1. The third-order valence-electron chi connectivity index (χ3n) is 4.14. The molecule has 0 saturated heterocycles. The number of nitrogens with one attached hydrogen (secondary N) is 1. The van der Waals surface area contributed by atoms with E-state index in [0.717, 1.165) is 24.1 Å².